The van der Waals surface area contributed by atoms with Gasteiger partial charge in [-0.15, -0.1) is 11.3 Å². The first-order valence-corrected chi connectivity index (χ1v) is 10.3. The largest absolute Gasteiger partial charge is 0.337 e. The molecule has 3 heterocycles. The Morgan fingerprint density at radius 3 is 2.66 bits per heavy atom. The molecule has 1 saturated heterocycles. The number of halogens is 1. The Bertz CT molecular complexity index is 980. The van der Waals surface area contributed by atoms with Crippen LogP contribution >= 0.6 is 11.3 Å². The molecule has 29 heavy (non-hydrogen) atoms. The van der Waals surface area contributed by atoms with Crippen LogP contribution in [0.15, 0.2) is 60.2 Å². The molecule has 0 bridgehead atoms. The van der Waals surface area contributed by atoms with Gasteiger partial charge in [0.15, 0.2) is 0 Å². The molecule has 0 N–H and O–H groups in total. The summed E-state index contributed by atoms with van der Waals surface area (Å²) in [5, 5.41) is 2.95. The van der Waals surface area contributed by atoms with Gasteiger partial charge in [0.05, 0.1) is 5.69 Å². The minimum Gasteiger partial charge on any atom is -0.337 e. The fraction of sp³-hybridized carbons (Fsp3) is 0.227. The van der Waals surface area contributed by atoms with Gasteiger partial charge in [0.1, 0.15) is 10.8 Å². The molecule has 0 saturated carbocycles. The predicted molar refractivity (Wildman–Crippen MR) is 113 cm³/mol. The Balaban J connectivity index is 1.28. The minimum atomic E-state index is -0.242. The topological polar surface area (TPSA) is 49.3 Å². The van der Waals surface area contributed by atoms with Gasteiger partial charge in [0, 0.05) is 62.1 Å². The Hall–Kier alpha value is -2.90. The monoisotopic (exact) mass is 408 g/mol. The van der Waals surface area contributed by atoms with Gasteiger partial charge in [-0.3, -0.25) is 14.7 Å². The Kier molecular flexibility index (Phi) is 6.07. The van der Waals surface area contributed by atoms with Gasteiger partial charge in [0.25, 0.3) is 0 Å². The lowest BCUT2D eigenvalue weighted by molar-refractivity contribution is -0.127. The second-order valence-electron chi connectivity index (χ2n) is 6.87. The standard InChI is InChI=1S/C22H21FN4OS/c23-19-6-4-18(5-7-19)22-25-20(16-29-22)15-26-10-12-27(13-11-26)21(28)8-3-17-2-1-9-24-14-17/h1-9,14,16H,10-13,15H2. The average Bonchev–Trinajstić information content (AvgIpc) is 3.22. The Morgan fingerprint density at radius 1 is 1.14 bits per heavy atom. The number of pyridine rings is 1. The molecule has 4 rings (SSSR count). The number of aromatic nitrogens is 2. The second-order valence-corrected chi connectivity index (χ2v) is 7.73. The lowest BCUT2D eigenvalue weighted by atomic mass is 10.2. The van der Waals surface area contributed by atoms with E-state index < -0.39 is 0 Å². The van der Waals surface area contributed by atoms with Gasteiger partial charge in [-0.1, -0.05) is 6.07 Å². The van der Waals surface area contributed by atoms with Crippen LogP contribution in [0.3, 0.4) is 0 Å². The molecular weight excluding hydrogens is 387 g/mol. The smallest absolute Gasteiger partial charge is 0.246 e. The van der Waals surface area contributed by atoms with Crippen LogP contribution in [0.5, 0.6) is 0 Å². The first kappa shape index (κ1) is 19.4. The number of hydrogen-bond acceptors (Lipinski definition) is 5. The SMILES string of the molecule is O=C(C=Cc1cccnc1)N1CCN(Cc2csc(-c3ccc(F)cc3)n2)CC1. The van der Waals surface area contributed by atoms with Crippen LogP contribution in [0.25, 0.3) is 16.6 Å². The van der Waals surface area contributed by atoms with Crippen LogP contribution in [0, 0.1) is 5.82 Å². The lowest BCUT2D eigenvalue weighted by Crippen LogP contribution is -2.47. The summed E-state index contributed by atoms with van der Waals surface area (Å²) in [4.78, 5) is 25.3. The van der Waals surface area contributed by atoms with Crippen LogP contribution in [-0.2, 0) is 11.3 Å². The van der Waals surface area contributed by atoms with E-state index in [-0.39, 0.29) is 11.7 Å². The van der Waals surface area contributed by atoms with Gasteiger partial charge >= 0.3 is 0 Å². The molecule has 7 heteroatoms. The third kappa shape index (κ3) is 5.13. The third-order valence-electron chi connectivity index (χ3n) is 4.82. The van der Waals surface area contributed by atoms with E-state index in [0.717, 1.165) is 41.5 Å². The van der Waals surface area contributed by atoms with Crippen LogP contribution in [0.1, 0.15) is 11.3 Å². The number of amides is 1. The quantitative estimate of drug-likeness (QED) is 0.604. The van der Waals surface area contributed by atoms with E-state index >= 15 is 0 Å². The summed E-state index contributed by atoms with van der Waals surface area (Å²) in [5.74, 6) is -0.214. The molecule has 0 spiro atoms. The maximum atomic E-state index is 13.1. The number of hydrogen-bond donors (Lipinski definition) is 0. The van der Waals surface area contributed by atoms with Crippen molar-refractivity contribution in [1.29, 1.82) is 0 Å². The number of thiazole rings is 1. The normalized spacial score (nSPS) is 15.1. The zero-order chi connectivity index (χ0) is 20.1. The number of carbonyl (C=O) groups is 1. The molecule has 1 fully saturated rings. The molecular formula is C22H21FN4OS. The molecule has 0 radical (unpaired) electrons. The molecule has 2 aromatic heterocycles. The van der Waals surface area contributed by atoms with Crippen molar-refractivity contribution in [2.24, 2.45) is 0 Å². The van der Waals surface area contributed by atoms with E-state index in [1.165, 1.54) is 12.1 Å². The summed E-state index contributed by atoms with van der Waals surface area (Å²) in [6, 6.07) is 10.2. The van der Waals surface area contributed by atoms with Gasteiger partial charge in [-0.25, -0.2) is 9.37 Å². The molecule has 5 nitrogen and oxygen atoms in total. The van der Waals surface area contributed by atoms with Crippen LogP contribution < -0.4 is 0 Å². The molecule has 148 valence electrons. The van der Waals surface area contributed by atoms with E-state index in [9.17, 15) is 9.18 Å². The maximum absolute atomic E-state index is 13.1. The van der Waals surface area contributed by atoms with Crippen molar-refractivity contribution in [2.75, 3.05) is 26.2 Å². The number of carbonyl (C=O) groups excluding carboxylic acids is 1. The van der Waals surface area contributed by atoms with Crippen molar-refractivity contribution in [2.45, 2.75) is 6.54 Å². The highest BCUT2D eigenvalue weighted by Crippen LogP contribution is 2.24. The van der Waals surface area contributed by atoms with E-state index in [0.29, 0.717) is 13.1 Å². The van der Waals surface area contributed by atoms with Gasteiger partial charge in [-0.05, 0) is 42.0 Å². The summed E-state index contributed by atoms with van der Waals surface area (Å²) >= 11 is 1.57. The Morgan fingerprint density at radius 2 is 1.93 bits per heavy atom. The van der Waals surface area contributed by atoms with Crippen molar-refractivity contribution in [3.8, 4) is 10.6 Å². The van der Waals surface area contributed by atoms with Crippen molar-refractivity contribution < 1.29 is 9.18 Å². The fourth-order valence-electron chi connectivity index (χ4n) is 3.21. The number of nitrogens with zero attached hydrogens (tertiary/aromatic N) is 4. The van der Waals surface area contributed by atoms with E-state index in [1.807, 2.05) is 22.4 Å². The van der Waals surface area contributed by atoms with E-state index in [1.54, 1.807) is 48.0 Å². The number of benzene rings is 1. The summed E-state index contributed by atoms with van der Waals surface area (Å²) < 4.78 is 13.1. The molecule has 1 aliphatic heterocycles. The third-order valence-corrected chi connectivity index (χ3v) is 5.76. The summed E-state index contributed by atoms with van der Waals surface area (Å²) in [7, 11) is 0. The lowest BCUT2D eigenvalue weighted by Gasteiger charge is -2.33. The predicted octanol–water partition coefficient (Wildman–Crippen LogP) is 3.70. The Labute approximate surface area is 173 Å². The zero-order valence-corrected chi connectivity index (χ0v) is 16.7. The first-order chi connectivity index (χ1) is 14.2. The highest BCUT2D eigenvalue weighted by Gasteiger charge is 2.20. The van der Waals surface area contributed by atoms with Crippen molar-refractivity contribution in [1.82, 2.24) is 19.8 Å². The molecule has 1 aliphatic rings. The van der Waals surface area contributed by atoms with Crippen LogP contribution in [0.2, 0.25) is 0 Å². The zero-order valence-electron chi connectivity index (χ0n) is 15.9. The molecule has 1 amide bonds. The summed E-state index contributed by atoms with van der Waals surface area (Å²) in [6.45, 7) is 3.79. The average molecular weight is 409 g/mol. The second kappa shape index (κ2) is 9.07. The minimum absolute atomic E-state index is 0.0285. The maximum Gasteiger partial charge on any atom is 0.246 e. The van der Waals surface area contributed by atoms with E-state index in [2.05, 4.69) is 14.9 Å². The molecule has 0 atom stereocenters. The van der Waals surface area contributed by atoms with Crippen molar-refractivity contribution in [3.05, 3.63) is 77.3 Å². The van der Waals surface area contributed by atoms with Gasteiger partial charge in [-0.2, -0.15) is 0 Å². The van der Waals surface area contributed by atoms with Gasteiger partial charge < -0.3 is 4.90 Å². The van der Waals surface area contributed by atoms with Crippen molar-refractivity contribution in [3.63, 3.8) is 0 Å². The highest BCUT2D eigenvalue weighted by molar-refractivity contribution is 7.13. The van der Waals surface area contributed by atoms with Crippen LogP contribution in [-0.4, -0.2) is 51.9 Å². The summed E-state index contributed by atoms with van der Waals surface area (Å²) in [5.41, 5.74) is 2.85. The first-order valence-electron chi connectivity index (χ1n) is 9.47. The molecule has 3 aromatic rings. The van der Waals surface area contributed by atoms with Crippen LogP contribution in [0.4, 0.5) is 4.39 Å². The van der Waals surface area contributed by atoms with E-state index in [4.69, 9.17) is 0 Å². The number of piperazine rings is 1. The molecule has 1 aromatic carbocycles. The highest BCUT2D eigenvalue weighted by atomic mass is 32.1. The molecule has 0 unspecified atom stereocenters. The van der Waals surface area contributed by atoms with Gasteiger partial charge in [0.2, 0.25) is 5.91 Å². The molecule has 0 aliphatic carbocycles. The van der Waals surface area contributed by atoms with Crippen molar-refractivity contribution >= 4 is 23.3 Å². The summed E-state index contributed by atoms with van der Waals surface area (Å²) in [6.07, 6.45) is 6.86. The fourth-order valence-corrected chi connectivity index (χ4v) is 4.02. The number of rotatable bonds is 5.